The van der Waals surface area contributed by atoms with Crippen LogP contribution in [-0.4, -0.2) is 39.5 Å². The summed E-state index contributed by atoms with van der Waals surface area (Å²) in [6.07, 6.45) is 6.97. The van der Waals surface area contributed by atoms with Crippen LogP contribution in [0.4, 0.5) is 24.5 Å². The lowest BCUT2D eigenvalue weighted by molar-refractivity contribution is -0.140. The molecule has 6 nitrogen and oxygen atoms in total. The van der Waals surface area contributed by atoms with Gasteiger partial charge in [-0.2, -0.15) is 4.39 Å². The maximum absolute atomic E-state index is 14.4. The zero-order valence-corrected chi connectivity index (χ0v) is 24.9. The quantitative estimate of drug-likeness (QED) is 0.107. The molecule has 0 radical (unpaired) electrons. The monoisotopic (exact) mass is 599 g/mol. The van der Waals surface area contributed by atoms with Crippen LogP contribution in [0.2, 0.25) is 0 Å². The summed E-state index contributed by atoms with van der Waals surface area (Å²) >= 11 is 1.23. The second-order valence-electron chi connectivity index (χ2n) is 9.93. The Bertz CT molecular complexity index is 1340. The molecule has 11 heteroatoms. The smallest absolute Gasteiger partial charge is 0.370 e. The fourth-order valence-corrected chi connectivity index (χ4v) is 7.62. The molecular weight excluding hydrogens is 563 g/mol. The Labute approximate surface area is 238 Å². The molecule has 0 aromatic heterocycles. The first-order valence-electron chi connectivity index (χ1n) is 13.4. The molecule has 40 heavy (non-hydrogen) atoms. The number of hydrogen-bond acceptors (Lipinski definition) is 7. The molecule has 0 atom stereocenters. The zero-order chi connectivity index (χ0) is 29.5. The molecule has 0 saturated heterocycles. The third-order valence-corrected chi connectivity index (χ3v) is 9.71. The van der Waals surface area contributed by atoms with Gasteiger partial charge in [0.2, 0.25) is 5.83 Å². The molecule has 2 aromatic carbocycles. The van der Waals surface area contributed by atoms with Crippen LogP contribution in [-0.2, 0) is 19.4 Å². The first kappa shape index (κ1) is 31.9. The minimum absolute atomic E-state index is 0.0229. The number of nitrogens with zero attached hydrogens (tertiary/aromatic N) is 1. The van der Waals surface area contributed by atoms with E-state index in [2.05, 4.69) is 4.74 Å². The highest BCUT2D eigenvalue weighted by Crippen LogP contribution is 2.48. The van der Waals surface area contributed by atoms with E-state index in [1.165, 1.54) is 30.8 Å². The molecule has 0 aliphatic carbocycles. The van der Waals surface area contributed by atoms with Gasteiger partial charge in [0.15, 0.2) is 21.5 Å². The Morgan fingerprint density at radius 3 is 2.33 bits per heavy atom. The predicted octanol–water partition coefficient (Wildman–Crippen LogP) is 7.73. The van der Waals surface area contributed by atoms with Crippen molar-refractivity contribution in [2.75, 3.05) is 30.1 Å². The number of anilines is 2. The summed E-state index contributed by atoms with van der Waals surface area (Å²) in [7, 11) is -3.92. The molecule has 0 amide bonds. The van der Waals surface area contributed by atoms with E-state index in [-0.39, 0.29) is 29.5 Å². The molecular formula is C29H36F3NO5S2. The van der Waals surface area contributed by atoms with Crippen LogP contribution >= 0.6 is 11.8 Å². The van der Waals surface area contributed by atoms with Gasteiger partial charge in [-0.05, 0) is 44.2 Å². The Morgan fingerprint density at radius 1 is 1.07 bits per heavy atom. The molecule has 3 rings (SSSR count). The fraction of sp³-hybridized carbons (Fsp3) is 0.483. The molecule has 1 aliphatic heterocycles. The lowest BCUT2D eigenvalue weighted by Gasteiger charge is -2.37. The number of carbonyl (C=O) groups excluding carboxylic acids is 1. The van der Waals surface area contributed by atoms with Gasteiger partial charge in [-0.15, -0.1) is 11.8 Å². The number of rotatable bonds is 12. The van der Waals surface area contributed by atoms with E-state index < -0.39 is 38.7 Å². The minimum Gasteiger partial charge on any atom is -0.461 e. The highest BCUT2D eigenvalue weighted by atomic mass is 32.2. The number of benzene rings is 2. The Kier molecular flexibility index (Phi) is 11.0. The predicted molar refractivity (Wildman–Crippen MR) is 152 cm³/mol. The van der Waals surface area contributed by atoms with Crippen molar-refractivity contribution in [1.82, 2.24) is 0 Å². The van der Waals surface area contributed by atoms with Crippen molar-refractivity contribution in [3.63, 3.8) is 0 Å². The van der Waals surface area contributed by atoms with Crippen molar-refractivity contribution < 1.29 is 35.9 Å². The number of thioether (sulfide) groups is 1. The van der Waals surface area contributed by atoms with Crippen LogP contribution in [0.25, 0.3) is 0 Å². The number of fused-ring (bicyclic) bond motifs is 1. The van der Waals surface area contributed by atoms with E-state index in [0.717, 1.165) is 37.8 Å². The molecule has 1 aliphatic rings. The van der Waals surface area contributed by atoms with Crippen molar-refractivity contribution in [2.45, 2.75) is 69.1 Å². The highest BCUT2D eigenvalue weighted by Gasteiger charge is 2.42. The van der Waals surface area contributed by atoms with Crippen LogP contribution < -0.4 is 9.64 Å². The maximum atomic E-state index is 14.4. The van der Waals surface area contributed by atoms with E-state index in [0.29, 0.717) is 35.4 Å². The first-order chi connectivity index (χ1) is 19.0. The Hall–Kier alpha value is -2.66. The minimum atomic E-state index is -3.92. The molecule has 0 saturated carbocycles. The van der Waals surface area contributed by atoms with Gasteiger partial charge >= 0.3 is 5.97 Å². The van der Waals surface area contributed by atoms with Crippen LogP contribution in [0.15, 0.2) is 52.2 Å². The topological polar surface area (TPSA) is 72.9 Å². The highest BCUT2D eigenvalue weighted by molar-refractivity contribution is 7.98. The van der Waals surface area contributed by atoms with Crippen LogP contribution in [0, 0.1) is 17.0 Å². The van der Waals surface area contributed by atoms with E-state index in [4.69, 9.17) is 4.74 Å². The normalized spacial score (nSPS) is 16.3. The van der Waals surface area contributed by atoms with Crippen molar-refractivity contribution in [2.24, 2.45) is 5.41 Å². The lowest BCUT2D eigenvalue weighted by Crippen LogP contribution is -2.38. The van der Waals surface area contributed by atoms with Gasteiger partial charge in [0.1, 0.15) is 12.0 Å². The van der Waals surface area contributed by atoms with Crippen LogP contribution in [0.1, 0.15) is 59.3 Å². The summed E-state index contributed by atoms with van der Waals surface area (Å²) in [6, 6.07) is 6.45. The lowest BCUT2D eigenvalue weighted by atomic mass is 9.79. The first-order valence-corrected chi connectivity index (χ1v) is 16.2. The fourth-order valence-electron chi connectivity index (χ4n) is 4.97. The molecule has 0 spiro atoms. The summed E-state index contributed by atoms with van der Waals surface area (Å²) in [5.74, 6) is -4.61. The summed E-state index contributed by atoms with van der Waals surface area (Å²) in [5.41, 5.74) is -0.0263. The SMILES string of the molecule is CCCCC1(CCCC)CN(c2ccc(F)c(F)c2)c2cc(SC)c(O/C=C(\F)C(=O)OCC)cc2S(=O)(=O)C1. The number of sulfone groups is 1. The summed E-state index contributed by atoms with van der Waals surface area (Å²) in [4.78, 5) is 13.8. The average Bonchev–Trinajstić information content (AvgIpc) is 3.02. The Morgan fingerprint density at radius 2 is 1.75 bits per heavy atom. The van der Waals surface area contributed by atoms with Crippen molar-refractivity contribution in [1.29, 1.82) is 0 Å². The van der Waals surface area contributed by atoms with Gasteiger partial charge in [0, 0.05) is 29.8 Å². The molecule has 0 bridgehead atoms. The number of unbranched alkanes of at least 4 members (excludes halogenated alkanes) is 2. The van der Waals surface area contributed by atoms with E-state index >= 15 is 0 Å². The molecule has 220 valence electrons. The van der Waals surface area contributed by atoms with E-state index in [9.17, 15) is 26.4 Å². The standard InChI is InChI=1S/C29H36F3NO5S2/c1-5-8-12-29(13-9-6-2)18-33(20-10-11-21(30)22(31)14-20)24-15-26(39-4)25(16-27(24)40(35,36)19-29)38-17-23(32)28(34)37-7-3/h10-11,14-17H,5-9,12-13,18-19H2,1-4H3/b23-17-. The van der Waals surface area contributed by atoms with Gasteiger partial charge in [0.25, 0.3) is 0 Å². The van der Waals surface area contributed by atoms with Gasteiger partial charge < -0.3 is 14.4 Å². The van der Waals surface area contributed by atoms with E-state index in [1.54, 1.807) is 17.2 Å². The van der Waals surface area contributed by atoms with Gasteiger partial charge in [-0.3, -0.25) is 0 Å². The van der Waals surface area contributed by atoms with Gasteiger partial charge in [-0.25, -0.2) is 22.0 Å². The number of carbonyl (C=O) groups is 1. The summed E-state index contributed by atoms with van der Waals surface area (Å²) in [5, 5.41) is 0. The summed E-state index contributed by atoms with van der Waals surface area (Å²) < 4.78 is 80.7. The zero-order valence-electron chi connectivity index (χ0n) is 23.3. The molecule has 0 N–H and O–H groups in total. The Balaban J connectivity index is 2.24. The van der Waals surface area contributed by atoms with Gasteiger partial charge in [-0.1, -0.05) is 39.5 Å². The summed E-state index contributed by atoms with van der Waals surface area (Å²) in [6.45, 7) is 5.88. The van der Waals surface area contributed by atoms with Crippen LogP contribution in [0.3, 0.4) is 0 Å². The average molecular weight is 600 g/mol. The largest absolute Gasteiger partial charge is 0.461 e. The number of hydrogen-bond donors (Lipinski definition) is 0. The second kappa shape index (κ2) is 13.8. The van der Waals surface area contributed by atoms with Crippen molar-refractivity contribution in [3.05, 3.63) is 54.1 Å². The number of halogens is 3. The maximum Gasteiger partial charge on any atom is 0.370 e. The molecule has 1 heterocycles. The molecule has 2 aromatic rings. The molecule has 0 fully saturated rings. The van der Waals surface area contributed by atoms with Crippen molar-refractivity contribution in [3.8, 4) is 5.75 Å². The number of ether oxygens (including phenoxy) is 2. The van der Waals surface area contributed by atoms with E-state index in [1.807, 2.05) is 13.8 Å². The third-order valence-electron chi connectivity index (χ3n) is 6.96. The number of esters is 1. The third kappa shape index (κ3) is 7.34. The second-order valence-corrected chi connectivity index (χ2v) is 12.7. The van der Waals surface area contributed by atoms with Crippen molar-refractivity contribution >= 4 is 38.9 Å². The molecule has 0 unspecified atom stereocenters. The van der Waals surface area contributed by atoms with Crippen LogP contribution in [0.5, 0.6) is 5.75 Å². The van der Waals surface area contributed by atoms with Gasteiger partial charge in [0.05, 0.1) is 27.8 Å².